The number of hydrogen-bond donors (Lipinski definition) is 0. The largest absolute Gasteiger partial charge is 0.425 e. The molecular formula is C19H17ClN2O2. The normalized spacial score (nSPS) is 12.1. The van der Waals surface area contributed by atoms with Crippen molar-refractivity contribution in [3.63, 3.8) is 0 Å². The summed E-state index contributed by atoms with van der Waals surface area (Å²) in [5, 5.41) is 1.18. The van der Waals surface area contributed by atoms with Crippen molar-refractivity contribution in [2.45, 2.75) is 26.2 Å². The third-order valence-corrected chi connectivity index (χ3v) is 4.27. The van der Waals surface area contributed by atoms with Gasteiger partial charge < -0.3 is 4.74 Å². The number of carbonyl (C=O) groups is 1. The van der Waals surface area contributed by atoms with E-state index in [-0.39, 0.29) is 18.3 Å². The highest BCUT2D eigenvalue weighted by atomic mass is 35.5. The van der Waals surface area contributed by atoms with Crippen LogP contribution in [-0.4, -0.2) is 15.9 Å². The monoisotopic (exact) mass is 340 g/mol. The second-order valence-corrected chi connectivity index (χ2v) is 6.13. The van der Waals surface area contributed by atoms with Crippen molar-refractivity contribution in [1.82, 2.24) is 9.97 Å². The summed E-state index contributed by atoms with van der Waals surface area (Å²) in [6.45, 7) is 3.90. The quantitative estimate of drug-likeness (QED) is 0.510. The number of pyridine rings is 2. The first-order valence-electron chi connectivity index (χ1n) is 7.71. The molecule has 0 N–H and O–H groups in total. The number of esters is 1. The number of halogens is 1. The van der Waals surface area contributed by atoms with Gasteiger partial charge in [-0.3, -0.25) is 14.8 Å². The molecule has 1 atom stereocenters. The number of fused-ring (bicyclic) bond motifs is 1. The van der Waals surface area contributed by atoms with E-state index in [0.717, 1.165) is 22.2 Å². The Labute approximate surface area is 145 Å². The standard InChI is InChI=1S/C19H17ClN2O2/c1-12(14-7-9-21-10-8-14)11-18(23)24-17-6-5-16-15(19(17)20)4-3-13(2)22-16/h3-10,12H,11H2,1-2H3. The van der Waals surface area contributed by atoms with Gasteiger partial charge in [0.2, 0.25) is 0 Å². The predicted octanol–water partition coefficient (Wildman–Crippen LogP) is 4.69. The highest BCUT2D eigenvalue weighted by Gasteiger charge is 2.16. The molecule has 2 heterocycles. The smallest absolute Gasteiger partial charge is 0.311 e. The number of benzene rings is 1. The summed E-state index contributed by atoms with van der Waals surface area (Å²) < 4.78 is 5.46. The van der Waals surface area contributed by atoms with Crippen LogP contribution in [0.2, 0.25) is 5.02 Å². The van der Waals surface area contributed by atoms with Gasteiger partial charge in [-0.25, -0.2) is 0 Å². The summed E-state index contributed by atoms with van der Waals surface area (Å²) in [7, 11) is 0. The summed E-state index contributed by atoms with van der Waals surface area (Å²) in [5.74, 6) is 0.0893. The second kappa shape index (κ2) is 6.97. The highest BCUT2D eigenvalue weighted by molar-refractivity contribution is 6.37. The van der Waals surface area contributed by atoms with Gasteiger partial charge in [-0.05, 0) is 54.8 Å². The minimum absolute atomic E-state index is 0.0454. The maximum atomic E-state index is 12.2. The molecule has 122 valence electrons. The Hall–Kier alpha value is -2.46. The van der Waals surface area contributed by atoms with Crippen molar-refractivity contribution < 1.29 is 9.53 Å². The lowest BCUT2D eigenvalue weighted by atomic mass is 9.99. The first-order valence-corrected chi connectivity index (χ1v) is 8.09. The Morgan fingerprint density at radius 2 is 1.92 bits per heavy atom. The molecule has 3 aromatic rings. The van der Waals surface area contributed by atoms with E-state index >= 15 is 0 Å². The van der Waals surface area contributed by atoms with Crippen LogP contribution in [0.15, 0.2) is 48.8 Å². The summed E-state index contributed by atoms with van der Waals surface area (Å²) in [4.78, 5) is 20.6. The number of hydrogen-bond acceptors (Lipinski definition) is 4. The Bertz CT molecular complexity index is 881. The number of ether oxygens (including phenoxy) is 1. The van der Waals surface area contributed by atoms with E-state index in [1.807, 2.05) is 44.2 Å². The zero-order chi connectivity index (χ0) is 17.1. The van der Waals surface area contributed by atoms with E-state index in [4.69, 9.17) is 16.3 Å². The molecular weight excluding hydrogens is 324 g/mol. The molecule has 0 spiro atoms. The molecule has 5 heteroatoms. The fourth-order valence-electron chi connectivity index (χ4n) is 2.55. The fourth-order valence-corrected chi connectivity index (χ4v) is 2.81. The lowest BCUT2D eigenvalue weighted by Crippen LogP contribution is -2.12. The third-order valence-electron chi connectivity index (χ3n) is 3.88. The van der Waals surface area contributed by atoms with E-state index < -0.39 is 0 Å². The number of aryl methyl sites for hydroxylation is 1. The first-order chi connectivity index (χ1) is 11.5. The molecule has 0 aliphatic carbocycles. The summed E-state index contributed by atoms with van der Waals surface area (Å²) in [5.41, 5.74) is 2.74. The van der Waals surface area contributed by atoms with Crippen molar-refractivity contribution >= 4 is 28.5 Å². The zero-order valence-electron chi connectivity index (χ0n) is 13.5. The van der Waals surface area contributed by atoms with E-state index in [1.165, 1.54) is 0 Å². The SMILES string of the molecule is Cc1ccc2c(Cl)c(OC(=O)CC(C)c3ccncc3)ccc2n1. The summed E-state index contributed by atoms with van der Waals surface area (Å²) in [6, 6.07) is 11.1. The topological polar surface area (TPSA) is 52.1 Å². The molecule has 0 aliphatic heterocycles. The maximum absolute atomic E-state index is 12.2. The van der Waals surface area contributed by atoms with Crippen LogP contribution in [0.25, 0.3) is 10.9 Å². The van der Waals surface area contributed by atoms with Crippen molar-refractivity contribution in [3.8, 4) is 5.75 Å². The van der Waals surface area contributed by atoms with E-state index in [9.17, 15) is 4.79 Å². The molecule has 1 unspecified atom stereocenters. The lowest BCUT2D eigenvalue weighted by molar-refractivity contribution is -0.134. The summed E-state index contributed by atoms with van der Waals surface area (Å²) >= 11 is 6.37. The van der Waals surface area contributed by atoms with Gasteiger partial charge >= 0.3 is 5.97 Å². The van der Waals surface area contributed by atoms with Crippen molar-refractivity contribution in [2.24, 2.45) is 0 Å². The molecule has 0 aliphatic rings. The van der Waals surface area contributed by atoms with E-state index in [2.05, 4.69) is 9.97 Å². The van der Waals surface area contributed by atoms with Gasteiger partial charge in [0.15, 0.2) is 0 Å². The highest BCUT2D eigenvalue weighted by Crippen LogP contribution is 2.32. The second-order valence-electron chi connectivity index (χ2n) is 5.76. The molecule has 3 rings (SSSR count). The van der Waals surface area contributed by atoms with Crippen molar-refractivity contribution in [3.05, 3.63) is 65.1 Å². The van der Waals surface area contributed by atoms with Crippen LogP contribution in [0.4, 0.5) is 0 Å². The van der Waals surface area contributed by atoms with Crippen LogP contribution >= 0.6 is 11.6 Å². The average Bonchev–Trinajstić information content (AvgIpc) is 2.58. The molecule has 0 saturated carbocycles. The fraction of sp³-hybridized carbons (Fsp3) is 0.211. The number of nitrogens with zero attached hydrogens (tertiary/aromatic N) is 2. The maximum Gasteiger partial charge on any atom is 0.311 e. The van der Waals surface area contributed by atoms with Gasteiger partial charge in [-0.1, -0.05) is 18.5 Å². The van der Waals surface area contributed by atoms with Gasteiger partial charge in [0.25, 0.3) is 0 Å². The predicted molar refractivity (Wildman–Crippen MR) is 94.4 cm³/mol. The minimum Gasteiger partial charge on any atom is -0.425 e. The molecule has 24 heavy (non-hydrogen) atoms. The lowest BCUT2D eigenvalue weighted by Gasteiger charge is -2.12. The van der Waals surface area contributed by atoms with Crippen LogP contribution in [0.1, 0.15) is 30.5 Å². The van der Waals surface area contributed by atoms with Gasteiger partial charge in [0.05, 0.1) is 17.0 Å². The van der Waals surface area contributed by atoms with E-state index in [0.29, 0.717) is 10.8 Å². The van der Waals surface area contributed by atoms with Gasteiger partial charge in [-0.2, -0.15) is 0 Å². The van der Waals surface area contributed by atoms with Crippen LogP contribution in [-0.2, 0) is 4.79 Å². The van der Waals surface area contributed by atoms with Gasteiger partial charge in [0.1, 0.15) is 5.75 Å². The Morgan fingerprint density at radius 3 is 2.67 bits per heavy atom. The Balaban J connectivity index is 1.76. The molecule has 0 amide bonds. The van der Waals surface area contributed by atoms with Crippen LogP contribution in [0, 0.1) is 6.92 Å². The van der Waals surface area contributed by atoms with E-state index in [1.54, 1.807) is 18.5 Å². The third kappa shape index (κ3) is 3.54. The number of aromatic nitrogens is 2. The molecule has 2 aromatic heterocycles. The molecule has 0 radical (unpaired) electrons. The van der Waals surface area contributed by atoms with Gasteiger partial charge in [0, 0.05) is 23.5 Å². The number of carbonyl (C=O) groups excluding carboxylic acids is 1. The molecule has 0 bridgehead atoms. The van der Waals surface area contributed by atoms with Crippen molar-refractivity contribution in [1.29, 1.82) is 0 Å². The van der Waals surface area contributed by atoms with Crippen LogP contribution < -0.4 is 4.74 Å². The zero-order valence-corrected chi connectivity index (χ0v) is 14.2. The van der Waals surface area contributed by atoms with Crippen molar-refractivity contribution in [2.75, 3.05) is 0 Å². The Morgan fingerprint density at radius 1 is 1.17 bits per heavy atom. The number of rotatable bonds is 4. The minimum atomic E-state index is -0.319. The molecule has 4 nitrogen and oxygen atoms in total. The average molecular weight is 341 g/mol. The summed E-state index contributed by atoms with van der Waals surface area (Å²) in [6.07, 6.45) is 3.70. The first kappa shape index (κ1) is 16.4. The molecule has 0 saturated heterocycles. The van der Waals surface area contributed by atoms with Gasteiger partial charge in [-0.15, -0.1) is 0 Å². The molecule has 1 aromatic carbocycles. The Kier molecular flexibility index (Phi) is 4.76. The molecule has 0 fully saturated rings. The van der Waals surface area contributed by atoms with Crippen LogP contribution in [0.5, 0.6) is 5.75 Å². The van der Waals surface area contributed by atoms with Crippen LogP contribution in [0.3, 0.4) is 0 Å².